The number of thioether (sulfide) groups is 1. The molecule has 3 N–H and O–H groups in total. The third-order valence-electron chi connectivity index (χ3n) is 6.86. The fourth-order valence-electron chi connectivity index (χ4n) is 4.38. The van der Waals surface area contributed by atoms with Gasteiger partial charge in [0.1, 0.15) is 11.5 Å². The van der Waals surface area contributed by atoms with Gasteiger partial charge in [0.2, 0.25) is 5.91 Å². The van der Waals surface area contributed by atoms with Gasteiger partial charge in [0.25, 0.3) is 11.8 Å². The Morgan fingerprint density at radius 3 is 2.20 bits per heavy atom. The van der Waals surface area contributed by atoms with Crippen LogP contribution in [-0.2, 0) is 9.59 Å². The van der Waals surface area contributed by atoms with E-state index in [1.54, 1.807) is 54.6 Å². The molecular formula is C36H31FN4O3S2. The fourth-order valence-corrected chi connectivity index (χ4v) is 6.08. The highest BCUT2D eigenvalue weighted by atomic mass is 32.2. The summed E-state index contributed by atoms with van der Waals surface area (Å²) in [4.78, 5) is 45.6. The van der Waals surface area contributed by atoms with E-state index in [2.05, 4.69) is 20.9 Å². The van der Waals surface area contributed by atoms with Gasteiger partial charge in [-0.05, 0) is 80.9 Å². The molecule has 0 aliphatic heterocycles. The van der Waals surface area contributed by atoms with E-state index in [0.29, 0.717) is 21.9 Å². The number of anilines is 2. The highest BCUT2D eigenvalue weighted by molar-refractivity contribution is 8.00. The minimum absolute atomic E-state index is 0.00725. The standard InChI is InChI=1S/C36H31FN4O3S2/c1-22-9-13-26(14-10-22)32-23(2)46-36(40-32)41-33(42)24(3)45-30-19-17-29(18-20-30)38-35(44)31(21-25-11-15-28(37)16-12-25)39-34(43)27-7-5-4-6-8-27/h4-21,24H,1-3H3,(H,38,44)(H,39,43)(H,40,41,42)/b31-21-. The molecule has 0 radical (unpaired) electrons. The largest absolute Gasteiger partial charge is 0.321 e. The van der Waals surface area contributed by atoms with E-state index >= 15 is 0 Å². The molecule has 4 aromatic carbocycles. The van der Waals surface area contributed by atoms with Crippen LogP contribution < -0.4 is 16.0 Å². The van der Waals surface area contributed by atoms with E-state index in [0.717, 1.165) is 21.0 Å². The first-order chi connectivity index (χ1) is 22.1. The molecule has 0 spiro atoms. The second kappa shape index (κ2) is 14.8. The SMILES string of the molecule is Cc1ccc(-c2nc(NC(=O)C(C)Sc3ccc(NC(=O)/C(=C/c4ccc(F)cc4)NC(=O)c4ccccc4)cc3)sc2C)cc1. The number of aromatic nitrogens is 1. The molecule has 3 amide bonds. The zero-order valence-electron chi connectivity index (χ0n) is 25.3. The van der Waals surface area contributed by atoms with Crippen molar-refractivity contribution in [3.05, 3.63) is 136 Å². The molecule has 1 unspecified atom stereocenters. The van der Waals surface area contributed by atoms with Crippen LogP contribution in [0.1, 0.15) is 33.3 Å². The first kappa shape index (κ1) is 32.3. The summed E-state index contributed by atoms with van der Waals surface area (Å²) in [5.74, 6) is -1.59. The Balaban J connectivity index is 1.22. The maximum Gasteiger partial charge on any atom is 0.272 e. The summed E-state index contributed by atoms with van der Waals surface area (Å²) >= 11 is 2.81. The summed E-state index contributed by atoms with van der Waals surface area (Å²) in [5.41, 5.74) is 4.44. The van der Waals surface area contributed by atoms with Gasteiger partial charge in [-0.3, -0.25) is 14.4 Å². The molecule has 1 heterocycles. The van der Waals surface area contributed by atoms with Crippen LogP contribution in [0.15, 0.2) is 114 Å². The maximum atomic E-state index is 13.4. The lowest BCUT2D eigenvalue weighted by Crippen LogP contribution is -2.30. The van der Waals surface area contributed by atoms with Crippen LogP contribution in [0, 0.1) is 19.7 Å². The molecule has 1 atom stereocenters. The first-order valence-electron chi connectivity index (χ1n) is 14.4. The van der Waals surface area contributed by atoms with Crippen molar-refractivity contribution in [3.8, 4) is 11.3 Å². The number of thiazole rings is 1. The molecule has 0 aliphatic carbocycles. The average molecular weight is 651 g/mol. The third kappa shape index (κ3) is 8.56. The Labute approximate surface area is 275 Å². The van der Waals surface area contributed by atoms with Crippen molar-refractivity contribution >= 4 is 57.7 Å². The minimum Gasteiger partial charge on any atom is -0.321 e. The highest BCUT2D eigenvalue weighted by Gasteiger charge is 2.19. The molecule has 0 bridgehead atoms. The third-order valence-corrected chi connectivity index (χ3v) is 8.85. The van der Waals surface area contributed by atoms with Crippen LogP contribution in [0.4, 0.5) is 15.2 Å². The van der Waals surface area contributed by atoms with Gasteiger partial charge in [-0.15, -0.1) is 23.1 Å². The van der Waals surface area contributed by atoms with Gasteiger partial charge in [0, 0.05) is 26.6 Å². The van der Waals surface area contributed by atoms with Crippen LogP contribution in [0.5, 0.6) is 0 Å². The topological polar surface area (TPSA) is 100 Å². The maximum absolute atomic E-state index is 13.4. The van der Waals surface area contributed by atoms with E-state index in [1.807, 2.05) is 45.0 Å². The van der Waals surface area contributed by atoms with Crippen molar-refractivity contribution in [2.24, 2.45) is 0 Å². The summed E-state index contributed by atoms with van der Waals surface area (Å²) in [5, 5.41) is 8.54. The monoisotopic (exact) mass is 650 g/mol. The fraction of sp³-hybridized carbons (Fsp3) is 0.111. The van der Waals surface area contributed by atoms with Crippen molar-refractivity contribution in [1.29, 1.82) is 0 Å². The number of halogens is 1. The number of rotatable bonds is 10. The van der Waals surface area contributed by atoms with Crippen LogP contribution in [0.25, 0.3) is 17.3 Å². The van der Waals surface area contributed by atoms with Crippen LogP contribution in [0.3, 0.4) is 0 Å². The molecule has 0 aliphatic rings. The number of amides is 3. The van der Waals surface area contributed by atoms with Crippen LogP contribution in [0.2, 0.25) is 0 Å². The number of hydrogen-bond acceptors (Lipinski definition) is 6. The van der Waals surface area contributed by atoms with Crippen molar-refractivity contribution in [2.75, 3.05) is 10.6 Å². The number of aryl methyl sites for hydroxylation is 2. The number of nitrogens with one attached hydrogen (secondary N) is 3. The van der Waals surface area contributed by atoms with E-state index in [1.165, 1.54) is 59.0 Å². The van der Waals surface area contributed by atoms with Gasteiger partial charge in [-0.1, -0.05) is 60.2 Å². The van der Waals surface area contributed by atoms with Gasteiger partial charge in [0.05, 0.1) is 10.9 Å². The van der Waals surface area contributed by atoms with Gasteiger partial charge >= 0.3 is 0 Å². The predicted molar refractivity (Wildman–Crippen MR) is 184 cm³/mol. The van der Waals surface area contributed by atoms with Crippen LogP contribution in [-0.4, -0.2) is 28.0 Å². The van der Waals surface area contributed by atoms with Crippen molar-refractivity contribution < 1.29 is 18.8 Å². The molecule has 5 rings (SSSR count). The number of nitrogens with zero attached hydrogens (tertiary/aromatic N) is 1. The summed E-state index contributed by atoms with van der Waals surface area (Å²) in [6.07, 6.45) is 1.48. The highest BCUT2D eigenvalue weighted by Crippen LogP contribution is 2.32. The second-order valence-corrected chi connectivity index (χ2v) is 13.1. The van der Waals surface area contributed by atoms with Gasteiger partial charge < -0.3 is 16.0 Å². The van der Waals surface area contributed by atoms with Gasteiger partial charge in [0.15, 0.2) is 5.13 Å². The van der Waals surface area contributed by atoms with Gasteiger partial charge in [-0.2, -0.15) is 0 Å². The number of hydrogen-bond donors (Lipinski definition) is 3. The molecule has 7 nitrogen and oxygen atoms in total. The van der Waals surface area contributed by atoms with Crippen molar-refractivity contribution in [3.63, 3.8) is 0 Å². The van der Waals surface area contributed by atoms with E-state index in [-0.39, 0.29) is 11.6 Å². The molecule has 232 valence electrons. The Morgan fingerprint density at radius 2 is 1.52 bits per heavy atom. The molecule has 5 aromatic rings. The minimum atomic E-state index is -0.550. The molecule has 0 saturated carbocycles. The predicted octanol–water partition coefficient (Wildman–Crippen LogP) is 8.09. The average Bonchev–Trinajstić information content (AvgIpc) is 3.42. The molecule has 0 saturated heterocycles. The Hall–Kier alpha value is -5.06. The lowest BCUT2D eigenvalue weighted by molar-refractivity contribution is -0.115. The first-order valence-corrected chi connectivity index (χ1v) is 16.1. The van der Waals surface area contributed by atoms with Crippen LogP contribution >= 0.6 is 23.1 Å². The molecule has 46 heavy (non-hydrogen) atoms. The summed E-state index contributed by atoms with van der Waals surface area (Å²) < 4.78 is 13.4. The van der Waals surface area contributed by atoms with Crippen molar-refractivity contribution in [1.82, 2.24) is 10.3 Å². The number of carbonyl (C=O) groups is 3. The number of benzene rings is 4. The molecule has 0 fully saturated rings. The Morgan fingerprint density at radius 1 is 0.848 bits per heavy atom. The molecule has 10 heteroatoms. The Kier molecular flexibility index (Phi) is 10.4. The lowest BCUT2D eigenvalue weighted by Gasteiger charge is -2.13. The summed E-state index contributed by atoms with van der Waals surface area (Å²) in [6, 6.07) is 29.3. The van der Waals surface area contributed by atoms with Crippen molar-refractivity contribution in [2.45, 2.75) is 30.9 Å². The molecular weight excluding hydrogens is 620 g/mol. The lowest BCUT2D eigenvalue weighted by atomic mass is 10.1. The zero-order valence-corrected chi connectivity index (χ0v) is 27.0. The normalized spacial score (nSPS) is 11.9. The quantitative estimate of drug-likeness (QED) is 0.105. The Bertz CT molecular complexity index is 1870. The second-order valence-electron chi connectivity index (χ2n) is 10.4. The van der Waals surface area contributed by atoms with E-state index in [4.69, 9.17) is 0 Å². The molecule has 1 aromatic heterocycles. The number of carbonyl (C=O) groups excluding carboxylic acids is 3. The van der Waals surface area contributed by atoms with Gasteiger partial charge in [-0.25, -0.2) is 9.37 Å². The van der Waals surface area contributed by atoms with E-state index < -0.39 is 22.9 Å². The smallest absolute Gasteiger partial charge is 0.272 e. The zero-order chi connectivity index (χ0) is 32.6. The van der Waals surface area contributed by atoms with E-state index in [9.17, 15) is 18.8 Å². The summed E-state index contributed by atoms with van der Waals surface area (Å²) in [7, 11) is 0. The summed E-state index contributed by atoms with van der Waals surface area (Å²) in [6.45, 7) is 5.84.